The first kappa shape index (κ1) is 26.2. The lowest BCUT2D eigenvalue weighted by Crippen LogP contribution is -2.55. The van der Waals surface area contributed by atoms with Crippen molar-refractivity contribution in [2.24, 2.45) is 0 Å². The molecule has 0 amide bonds. The van der Waals surface area contributed by atoms with Gasteiger partial charge in [-0.2, -0.15) is 14.3 Å². The number of tetrazole rings is 1. The van der Waals surface area contributed by atoms with Gasteiger partial charge in [0.2, 0.25) is 5.95 Å². The minimum Gasteiger partial charge on any atom is -0.389 e. The van der Waals surface area contributed by atoms with Crippen LogP contribution in [0.2, 0.25) is 0 Å². The summed E-state index contributed by atoms with van der Waals surface area (Å²) in [6.45, 7) is 10.7. The maximum atomic E-state index is 14.7. The summed E-state index contributed by atoms with van der Waals surface area (Å²) in [5.41, 5.74) is 0.399. The summed E-state index contributed by atoms with van der Waals surface area (Å²) in [4.78, 5) is 24.0. The highest BCUT2D eigenvalue weighted by Crippen LogP contribution is 2.38. The van der Waals surface area contributed by atoms with Gasteiger partial charge in [-0.1, -0.05) is 6.07 Å². The first-order valence-corrected chi connectivity index (χ1v) is 13.1. The highest BCUT2D eigenvalue weighted by molar-refractivity contribution is 5.60. The van der Waals surface area contributed by atoms with E-state index in [0.717, 1.165) is 35.8 Å². The van der Waals surface area contributed by atoms with Gasteiger partial charge in [0.05, 0.1) is 24.0 Å². The van der Waals surface area contributed by atoms with Crippen LogP contribution in [0.4, 0.5) is 21.8 Å². The van der Waals surface area contributed by atoms with Crippen LogP contribution in [-0.2, 0) is 6.54 Å². The number of aliphatic hydroxyl groups is 1. The summed E-state index contributed by atoms with van der Waals surface area (Å²) in [7, 11) is 0. The molecule has 2 aliphatic heterocycles. The second-order valence-corrected chi connectivity index (χ2v) is 11.7. The van der Waals surface area contributed by atoms with Crippen molar-refractivity contribution in [1.82, 2.24) is 34.7 Å². The molecule has 1 aromatic carbocycles. The molecular formula is C26H36FN9O2. The summed E-state index contributed by atoms with van der Waals surface area (Å²) >= 11 is 0. The number of aryl methyl sites for hydroxylation is 1. The van der Waals surface area contributed by atoms with Crippen molar-refractivity contribution >= 4 is 17.5 Å². The van der Waals surface area contributed by atoms with Crippen molar-refractivity contribution < 1.29 is 9.50 Å². The van der Waals surface area contributed by atoms with E-state index in [1.807, 2.05) is 19.1 Å². The zero-order chi connectivity index (χ0) is 27.2. The van der Waals surface area contributed by atoms with E-state index < -0.39 is 17.1 Å². The molecule has 2 aromatic heterocycles. The van der Waals surface area contributed by atoms with Crippen molar-refractivity contribution in [2.45, 2.75) is 90.1 Å². The van der Waals surface area contributed by atoms with Crippen LogP contribution in [0.3, 0.4) is 0 Å². The van der Waals surface area contributed by atoms with Gasteiger partial charge in [-0.05, 0) is 95.0 Å². The molecule has 38 heavy (non-hydrogen) atoms. The molecule has 0 saturated carbocycles. The Kier molecular flexibility index (Phi) is 6.72. The fraction of sp³-hybridized carbons (Fsp3) is 0.577. The molecule has 2 saturated heterocycles. The maximum absolute atomic E-state index is 14.7. The molecule has 0 unspecified atom stereocenters. The van der Waals surface area contributed by atoms with Crippen molar-refractivity contribution in [3.05, 3.63) is 46.3 Å². The van der Waals surface area contributed by atoms with Gasteiger partial charge in [-0.25, -0.2) is 14.2 Å². The molecule has 12 heteroatoms. The molecule has 0 bridgehead atoms. The summed E-state index contributed by atoms with van der Waals surface area (Å²) in [6.07, 6.45) is 5.40. The minimum atomic E-state index is -1.11. The molecule has 4 heterocycles. The minimum absolute atomic E-state index is 0.0129. The normalized spacial score (nSPS) is 21.3. The number of halogens is 1. The van der Waals surface area contributed by atoms with Crippen LogP contribution < -0.4 is 16.3 Å². The number of fused-ring (bicyclic) bond motifs is 1. The van der Waals surface area contributed by atoms with E-state index in [1.165, 1.54) is 17.5 Å². The highest BCUT2D eigenvalue weighted by atomic mass is 19.1. The molecule has 11 nitrogen and oxygen atoms in total. The number of hydrogen-bond acceptors (Lipinski definition) is 9. The van der Waals surface area contributed by atoms with Crippen molar-refractivity contribution in [3.63, 3.8) is 0 Å². The van der Waals surface area contributed by atoms with Crippen LogP contribution in [0.15, 0.2) is 29.2 Å². The van der Waals surface area contributed by atoms with Crippen LogP contribution in [-0.4, -0.2) is 69.5 Å². The third-order valence-corrected chi connectivity index (χ3v) is 7.41. The number of hydrogen-bond donors (Lipinski definition) is 3. The Morgan fingerprint density at radius 3 is 2.82 bits per heavy atom. The predicted octanol–water partition coefficient (Wildman–Crippen LogP) is 3.00. The molecule has 2 aliphatic rings. The number of piperidine rings is 1. The SMILES string of the molecule is Cc1ccc(Nc2ncc(F)c(N[C@@H]3C[C@H]4CCCN4C(C)(C)C3)n2)cc1-n1nnn(CC(C)(C)O)c1=O. The molecule has 0 spiro atoms. The van der Waals surface area contributed by atoms with E-state index in [9.17, 15) is 14.3 Å². The summed E-state index contributed by atoms with van der Waals surface area (Å²) in [6, 6.07) is 6.01. The Morgan fingerprint density at radius 2 is 2.05 bits per heavy atom. The Hall–Kier alpha value is -3.38. The summed E-state index contributed by atoms with van der Waals surface area (Å²) < 4.78 is 17.0. The highest BCUT2D eigenvalue weighted by Gasteiger charge is 2.43. The fourth-order valence-corrected chi connectivity index (χ4v) is 5.78. The van der Waals surface area contributed by atoms with Gasteiger partial charge >= 0.3 is 5.69 Å². The Bertz CT molecular complexity index is 1380. The van der Waals surface area contributed by atoms with Crippen molar-refractivity contribution in [3.8, 4) is 5.69 Å². The number of anilines is 3. The van der Waals surface area contributed by atoms with E-state index in [2.05, 4.69) is 49.8 Å². The van der Waals surface area contributed by atoms with E-state index in [1.54, 1.807) is 19.9 Å². The number of aromatic nitrogens is 6. The quantitative estimate of drug-likeness (QED) is 0.427. The lowest BCUT2D eigenvalue weighted by atomic mass is 9.84. The van der Waals surface area contributed by atoms with Crippen molar-refractivity contribution in [2.75, 3.05) is 17.2 Å². The molecule has 0 radical (unpaired) electrons. The molecule has 204 valence electrons. The average Bonchev–Trinajstić information content (AvgIpc) is 3.44. The van der Waals surface area contributed by atoms with Gasteiger partial charge in [-0.3, -0.25) is 4.90 Å². The first-order valence-electron chi connectivity index (χ1n) is 13.1. The molecule has 3 N–H and O–H groups in total. The van der Waals surface area contributed by atoms with E-state index in [4.69, 9.17) is 0 Å². The smallest absolute Gasteiger partial charge is 0.368 e. The van der Waals surface area contributed by atoms with Crippen LogP contribution in [0.5, 0.6) is 0 Å². The summed E-state index contributed by atoms with van der Waals surface area (Å²) in [5.74, 6) is -0.0889. The summed E-state index contributed by atoms with van der Waals surface area (Å²) in [5, 5.41) is 24.4. The largest absolute Gasteiger partial charge is 0.389 e. The van der Waals surface area contributed by atoms with Gasteiger partial charge in [0.25, 0.3) is 0 Å². The predicted molar refractivity (Wildman–Crippen MR) is 142 cm³/mol. The molecule has 2 atom stereocenters. The van der Waals surface area contributed by atoms with Gasteiger partial charge in [0.15, 0.2) is 11.6 Å². The molecular weight excluding hydrogens is 489 g/mol. The molecule has 2 fully saturated rings. The Morgan fingerprint density at radius 1 is 1.26 bits per heavy atom. The monoisotopic (exact) mass is 525 g/mol. The second-order valence-electron chi connectivity index (χ2n) is 11.7. The Labute approximate surface area is 221 Å². The van der Waals surface area contributed by atoms with Gasteiger partial charge in [0, 0.05) is 23.3 Å². The number of benzene rings is 1. The van der Waals surface area contributed by atoms with Gasteiger partial charge in [0.1, 0.15) is 0 Å². The van der Waals surface area contributed by atoms with Crippen LogP contribution in [0.25, 0.3) is 5.69 Å². The van der Waals surface area contributed by atoms with Gasteiger partial charge < -0.3 is 15.7 Å². The van der Waals surface area contributed by atoms with Crippen molar-refractivity contribution in [1.29, 1.82) is 0 Å². The molecule has 3 aromatic rings. The topological polar surface area (TPSA) is 126 Å². The van der Waals surface area contributed by atoms with E-state index in [-0.39, 0.29) is 29.9 Å². The first-order chi connectivity index (χ1) is 17.9. The molecule has 5 rings (SSSR count). The fourth-order valence-electron chi connectivity index (χ4n) is 5.78. The maximum Gasteiger partial charge on any atom is 0.368 e. The number of rotatable bonds is 7. The third kappa shape index (κ3) is 5.41. The van der Waals surface area contributed by atoms with E-state index in [0.29, 0.717) is 17.4 Å². The number of nitrogens with one attached hydrogen (secondary N) is 2. The lowest BCUT2D eigenvalue weighted by Gasteiger charge is -2.47. The van der Waals surface area contributed by atoms with Crippen LogP contribution >= 0.6 is 0 Å². The average molecular weight is 526 g/mol. The number of nitrogens with zero attached hydrogens (tertiary/aromatic N) is 7. The standard InChI is InChI=1S/C26H36FN9O2/c1-16-8-9-17(12-21(16)36-24(37)35(32-33-36)15-26(4,5)38)30-23-28-14-20(27)22(31-23)29-18-11-19-7-6-10-34(19)25(2,3)13-18/h8-9,12,14,18-19,38H,6-7,10-11,13,15H2,1-5H3,(H2,28,29,30,31)/t18-,19-/m1/s1. The lowest BCUT2D eigenvalue weighted by molar-refractivity contribution is 0.0500. The van der Waals surface area contributed by atoms with E-state index >= 15 is 0 Å². The molecule has 0 aliphatic carbocycles. The van der Waals surface area contributed by atoms with Crippen LogP contribution in [0.1, 0.15) is 58.9 Å². The Balaban J connectivity index is 1.35. The second kappa shape index (κ2) is 9.73. The third-order valence-electron chi connectivity index (χ3n) is 7.41. The zero-order valence-corrected chi connectivity index (χ0v) is 22.6. The van der Waals surface area contributed by atoms with Crippen LogP contribution in [0, 0.1) is 12.7 Å². The zero-order valence-electron chi connectivity index (χ0n) is 22.6. The van der Waals surface area contributed by atoms with Gasteiger partial charge in [-0.15, -0.1) is 0 Å².